The van der Waals surface area contributed by atoms with E-state index in [2.05, 4.69) is 13.8 Å². The molecule has 4 heteroatoms. The Balaban J connectivity index is 2.91. The summed E-state index contributed by atoms with van der Waals surface area (Å²) in [6.45, 7) is 4.21. The number of methoxy groups -OCH3 is 1. The highest BCUT2D eigenvalue weighted by atomic mass is 16.5. The molecular weight excluding hydrogens is 232 g/mol. The van der Waals surface area contributed by atoms with Gasteiger partial charge in [0.05, 0.1) is 6.61 Å². The lowest BCUT2D eigenvalue weighted by molar-refractivity contribution is -0.147. The summed E-state index contributed by atoms with van der Waals surface area (Å²) >= 11 is 0. The molecule has 18 heavy (non-hydrogen) atoms. The molecule has 0 aliphatic carbocycles. The Labute approximate surface area is 108 Å². The van der Waals surface area contributed by atoms with Crippen LogP contribution >= 0.6 is 0 Å². The molecule has 0 saturated carbocycles. The predicted octanol–water partition coefficient (Wildman–Crippen LogP) is 2.68. The Kier molecular flexibility index (Phi) is 5.65. The van der Waals surface area contributed by atoms with Crippen molar-refractivity contribution < 1.29 is 19.4 Å². The van der Waals surface area contributed by atoms with E-state index in [0.717, 1.165) is 12.0 Å². The maximum Gasteiger partial charge on any atom is 0.347 e. The van der Waals surface area contributed by atoms with Crippen LogP contribution < -0.4 is 4.74 Å². The summed E-state index contributed by atoms with van der Waals surface area (Å²) in [5.41, 5.74) is 1.03. The van der Waals surface area contributed by atoms with E-state index >= 15 is 0 Å². The maximum absolute atomic E-state index is 11.0. The minimum Gasteiger partial charge on any atom is -0.478 e. The molecular formula is C14H20O4. The molecule has 0 saturated heterocycles. The average molecular weight is 252 g/mol. The van der Waals surface area contributed by atoms with Crippen LogP contribution in [0.25, 0.3) is 0 Å². The number of carboxylic acid groups (broad SMARTS) is 1. The highest BCUT2D eigenvalue weighted by molar-refractivity contribution is 5.73. The third-order valence-electron chi connectivity index (χ3n) is 2.93. The number of hydrogen-bond donors (Lipinski definition) is 1. The second-order valence-electron chi connectivity index (χ2n) is 4.25. The van der Waals surface area contributed by atoms with Crippen molar-refractivity contribution in [2.24, 2.45) is 0 Å². The maximum atomic E-state index is 11.0. The number of carboxylic acids is 1. The molecule has 1 N–H and O–H groups in total. The van der Waals surface area contributed by atoms with Crippen molar-refractivity contribution in [1.82, 2.24) is 0 Å². The normalized spacial score (nSPS) is 13.9. The zero-order valence-electron chi connectivity index (χ0n) is 11.1. The molecule has 100 valence electrons. The number of benzene rings is 1. The summed E-state index contributed by atoms with van der Waals surface area (Å²) in [6, 6.07) is 7.54. The number of para-hydroxylation sites is 1. The summed E-state index contributed by atoms with van der Waals surface area (Å²) in [4.78, 5) is 11.0. The first-order valence-corrected chi connectivity index (χ1v) is 6.07. The first-order chi connectivity index (χ1) is 8.60. The number of ether oxygens (including phenoxy) is 2. The molecule has 2 atom stereocenters. The first kappa shape index (κ1) is 14.5. The summed E-state index contributed by atoms with van der Waals surface area (Å²) < 4.78 is 10.4. The van der Waals surface area contributed by atoms with E-state index in [1.807, 2.05) is 18.2 Å². The predicted molar refractivity (Wildman–Crippen MR) is 69.1 cm³/mol. The zero-order valence-corrected chi connectivity index (χ0v) is 11.1. The molecule has 1 aromatic carbocycles. The Morgan fingerprint density at radius 1 is 1.39 bits per heavy atom. The van der Waals surface area contributed by atoms with Crippen LogP contribution in [-0.2, 0) is 9.53 Å². The van der Waals surface area contributed by atoms with Gasteiger partial charge in [-0.05, 0) is 24.0 Å². The largest absolute Gasteiger partial charge is 0.478 e. The van der Waals surface area contributed by atoms with Crippen LogP contribution in [0.2, 0.25) is 0 Å². The van der Waals surface area contributed by atoms with E-state index in [0.29, 0.717) is 11.7 Å². The van der Waals surface area contributed by atoms with Crippen molar-refractivity contribution in [3.63, 3.8) is 0 Å². The van der Waals surface area contributed by atoms with Crippen molar-refractivity contribution in [3.8, 4) is 5.75 Å². The number of hydrogen-bond acceptors (Lipinski definition) is 3. The highest BCUT2D eigenvalue weighted by Crippen LogP contribution is 2.29. The Hall–Kier alpha value is -1.55. The van der Waals surface area contributed by atoms with Crippen LogP contribution in [0.15, 0.2) is 24.3 Å². The smallest absolute Gasteiger partial charge is 0.347 e. The third-order valence-corrected chi connectivity index (χ3v) is 2.93. The minimum atomic E-state index is -1.02. The van der Waals surface area contributed by atoms with Gasteiger partial charge in [0.15, 0.2) is 0 Å². The number of rotatable bonds is 7. The van der Waals surface area contributed by atoms with Crippen LogP contribution in [-0.4, -0.2) is 30.9 Å². The van der Waals surface area contributed by atoms with Crippen molar-refractivity contribution in [2.75, 3.05) is 13.7 Å². The van der Waals surface area contributed by atoms with Crippen LogP contribution in [0.5, 0.6) is 5.75 Å². The molecule has 2 unspecified atom stereocenters. The lowest BCUT2D eigenvalue weighted by atomic mass is 9.98. The Morgan fingerprint density at radius 3 is 2.61 bits per heavy atom. The van der Waals surface area contributed by atoms with Crippen molar-refractivity contribution in [3.05, 3.63) is 29.8 Å². The Bertz CT molecular complexity index is 389. The minimum absolute atomic E-state index is 0.0319. The monoisotopic (exact) mass is 252 g/mol. The molecule has 0 bridgehead atoms. The lowest BCUT2D eigenvalue weighted by Crippen LogP contribution is -2.32. The van der Waals surface area contributed by atoms with Gasteiger partial charge in [-0.2, -0.15) is 0 Å². The van der Waals surface area contributed by atoms with E-state index in [9.17, 15) is 4.79 Å². The molecule has 0 spiro atoms. The molecule has 0 fully saturated rings. The fourth-order valence-electron chi connectivity index (χ4n) is 1.68. The highest BCUT2D eigenvalue weighted by Gasteiger charge is 2.21. The average Bonchev–Trinajstić information content (AvgIpc) is 2.37. The Morgan fingerprint density at radius 2 is 2.06 bits per heavy atom. The van der Waals surface area contributed by atoms with Gasteiger partial charge < -0.3 is 14.6 Å². The lowest BCUT2D eigenvalue weighted by Gasteiger charge is -2.19. The first-order valence-electron chi connectivity index (χ1n) is 6.07. The van der Waals surface area contributed by atoms with Crippen LogP contribution in [0.1, 0.15) is 31.7 Å². The molecule has 0 amide bonds. The summed E-state index contributed by atoms with van der Waals surface area (Å²) in [5, 5.41) is 9.05. The molecule has 1 rings (SSSR count). The molecule has 4 nitrogen and oxygen atoms in total. The van der Waals surface area contributed by atoms with E-state index < -0.39 is 12.1 Å². The quantitative estimate of drug-likeness (QED) is 0.810. The van der Waals surface area contributed by atoms with Gasteiger partial charge in [0.2, 0.25) is 6.10 Å². The van der Waals surface area contributed by atoms with Gasteiger partial charge in [-0.25, -0.2) is 4.79 Å². The van der Waals surface area contributed by atoms with E-state index in [1.54, 1.807) is 6.07 Å². The second-order valence-corrected chi connectivity index (χ2v) is 4.25. The number of carbonyl (C=O) groups is 1. The third kappa shape index (κ3) is 3.74. The standard InChI is InChI=1S/C14H20O4/c1-4-10(2)11-7-5-6-8-12(11)18-13(9-17-3)14(15)16/h5-8,10,13H,4,9H2,1-3H3,(H,15,16). The zero-order chi connectivity index (χ0) is 13.5. The van der Waals surface area contributed by atoms with Crippen molar-refractivity contribution >= 4 is 5.97 Å². The fourth-order valence-corrected chi connectivity index (χ4v) is 1.68. The van der Waals surface area contributed by atoms with Gasteiger partial charge in [0, 0.05) is 7.11 Å². The second kappa shape index (κ2) is 7.01. The molecule has 1 aromatic rings. The summed E-state index contributed by atoms with van der Waals surface area (Å²) in [6.07, 6.45) is 0.00256. The topological polar surface area (TPSA) is 55.8 Å². The molecule has 0 aliphatic heterocycles. The van der Waals surface area contributed by atoms with E-state index in [-0.39, 0.29) is 6.61 Å². The van der Waals surface area contributed by atoms with Crippen LogP contribution in [0.4, 0.5) is 0 Å². The van der Waals surface area contributed by atoms with Gasteiger partial charge in [0.25, 0.3) is 0 Å². The summed E-state index contributed by atoms with van der Waals surface area (Å²) in [7, 11) is 1.46. The molecule has 0 aliphatic rings. The van der Waals surface area contributed by atoms with Gasteiger partial charge in [0.1, 0.15) is 5.75 Å². The fraction of sp³-hybridized carbons (Fsp3) is 0.500. The van der Waals surface area contributed by atoms with Crippen LogP contribution in [0.3, 0.4) is 0 Å². The molecule has 0 heterocycles. The van der Waals surface area contributed by atoms with Gasteiger partial charge in [-0.1, -0.05) is 32.0 Å². The van der Waals surface area contributed by atoms with Gasteiger partial charge >= 0.3 is 5.97 Å². The van der Waals surface area contributed by atoms with E-state index in [4.69, 9.17) is 14.6 Å². The summed E-state index contributed by atoms with van der Waals surface area (Å²) in [5.74, 6) is -0.0645. The molecule has 0 radical (unpaired) electrons. The SMILES string of the molecule is CCC(C)c1ccccc1OC(COC)C(=O)O. The van der Waals surface area contributed by atoms with Crippen molar-refractivity contribution in [2.45, 2.75) is 32.3 Å². The molecule has 0 aromatic heterocycles. The van der Waals surface area contributed by atoms with Crippen LogP contribution in [0, 0.1) is 0 Å². The van der Waals surface area contributed by atoms with Gasteiger partial charge in [-0.3, -0.25) is 0 Å². The van der Waals surface area contributed by atoms with E-state index in [1.165, 1.54) is 7.11 Å². The van der Waals surface area contributed by atoms with Gasteiger partial charge in [-0.15, -0.1) is 0 Å². The number of aliphatic carboxylic acids is 1. The van der Waals surface area contributed by atoms with Crippen molar-refractivity contribution in [1.29, 1.82) is 0 Å².